The van der Waals surface area contributed by atoms with Gasteiger partial charge in [0.15, 0.2) is 0 Å². The number of nitrogens with zero attached hydrogens (tertiary/aromatic N) is 4. The van der Waals surface area contributed by atoms with Gasteiger partial charge >= 0.3 is 0 Å². The second-order valence-electron chi connectivity index (χ2n) is 5.27. The van der Waals surface area contributed by atoms with Crippen LogP contribution < -0.4 is 10.3 Å². The summed E-state index contributed by atoms with van der Waals surface area (Å²) in [5.74, 6) is -0.332. The Morgan fingerprint density at radius 2 is 2.04 bits per heavy atom. The molecule has 3 rings (SSSR count). The fourth-order valence-corrected chi connectivity index (χ4v) is 2.20. The highest BCUT2D eigenvalue weighted by atomic mass is 19.1. The molecule has 0 saturated carbocycles. The van der Waals surface area contributed by atoms with Gasteiger partial charge in [0.05, 0.1) is 18.4 Å². The molecule has 0 bridgehead atoms. The van der Waals surface area contributed by atoms with Crippen molar-refractivity contribution in [2.75, 3.05) is 0 Å². The third-order valence-electron chi connectivity index (χ3n) is 3.28. The molecule has 3 aromatic rings. The van der Waals surface area contributed by atoms with Crippen LogP contribution in [-0.4, -0.2) is 26.1 Å². The highest BCUT2D eigenvalue weighted by Crippen LogP contribution is 2.18. The lowest BCUT2D eigenvalue weighted by Gasteiger charge is -2.08. The largest absolute Gasteiger partial charge is 0.444 e. The summed E-state index contributed by atoms with van der Waals surface area (Å²) in [5.41, 5.74) is 1.32. The first-order valence-corrected chi connectivity index (χ1v) is 7.46. The first-order valence-electron chi connectivity index (χ1n) is 7.46. The summed E-state index contributed by atoms with van der Waals surface area (Å²) >= 11 is 0. The van der Waals surface area contributed by atoms with E-state index in [2.05, 4.69) is 15.1 Å². The normalized spacial score (nSPS) is 12.0. The van der Waals surface area contributed by atoms with Crippen LogP contribution in [0, 0.1) is 5.82 Å². The van der Waals surface area contributed by atoms with Gasteiger partial charge in [-0.3, -0.25) is 9.78 Å². The van der Waals surface area contributed by atoms with Crippen LogP contribution in [0.2, 0.25) is 0 Å². The Balaban J connectivity index is 1.87. The van der Waals surface area contributed by atoms with E-state index in [0.717, 1.165) is 6.20 Å². The lowest BCUT2D eigenvalue weighted by molar-refractivity contribution is 0.0810. The molecule has 0 fully saturated rings. The molecule has 0 aliphatic rings. The van der Waals surface area contributed by atoms with Crippen LogP contribution in [0.4, 0.5) is 8.78 Å². The predicted molar refractivity (Wildman–Crippen MR) is 86.2 cm³/mol. The van der Waals surface area contributed by atoms with E-state index >= 15 is 0 Å². The maximum atomic E-state index is 13.2. The Morgan fingerprint density at radius 1 is 1.20 bits per heavy atom. The van der Waals surface area contributed by atoms with Crippen LogP contribution in [-0.2, 0) is 6.54 Å². The molecule has 128 valence electrons. The Kier molecular flexibility index (Phi) is 4.78. The highest BCUT2D eigenvalue weighted by Gasteiger charge is 2.07. The first kappa shape index (κ1) is 16.7. The van der Waals surface area contributed by atoms with Crippen molar-refractivity contribution in [3.05, 3.63) is 70.7 Å². The zero-order valence-corrected chi connectivity index (χ0v) is 13.3. The van der Waals surface area contributed by atoms with Crippen molar-refractivity contribution in [2.45, 2.75) is 19.8 Å². The van der Waals surface area contributed by atoms with Gasteiger partial charge in [0, 0.05) is 37.0 Å². The SMILES string of the molecule is CC(F)Oc1ccc(-c2ccc(=O)n(Cc3cncc(F)c3)n2)cn1. The molecule has 0 N–H and O–H groups in total. The number of hydrogen-bond acceptors (Lipinski definition) is 5. The summed E-state index contributed by atoms with van der Waals surface area (Å²) in [4.78, 5) is 19.7. The van der Waals surface area contributed by atoms with Gasteiger partial charge in [0.2, 0.25) is 12.2 Å². The fraction of sp³-hybridized carbons (Fsp3) is 0.176. The lowest BCUT2D eigenvalue weighted by atomic mass is 10.2. The highest BCUT2D eigenvalue weighted by molar-refractivity contribution is 5.57. The van der Waals surface area contributed by atoms with E-state index in [1.165, 1.54) is 42.2 Å². The number of hydrogen-bond donors (Lipinski definition) is 0. The molecule has 6 nitrogen and oxygen atoms in total. The number of halogens is 2. The van der Waals surface area contributed by atoms with Gasteiger partial charge < -0.3 is 4.74 Å². The van der Waals surface area contributed by atoms with Crippen molar-refractivity contribution < 1.29 is 13.5 Å². The van der Waals surface area contributed by atoms with Crippen LogP contribution in [0.1, 0.15) is 12.5 Å². The van der Waals surface area contributed by atoms with Crippen molar-refractivity contribution >= 4 is 0 Å². The molecule has 1 unspecified atom stereocenters. The maximum absolute atomic E-state index is 13.2. The second kappa shape index (κ2) is 7.16. The van der Waals surface area contributed by atoms with E-state index in [1.54, 1.807) is 12.1 Å². The Hall–Kier alpha value is -3.16. The summed E-state index contributed by atoms with van der Waals surface area (Å²) in [5, 5.41) is 4.26. The number of alkyl halides is 1. The van der Waals surface area contributed by atoms with E-state index in [-0.39, 0.29) is 18.0 Å². The van der Waals surface area contributed by atoms with E-state index in [9.17, 15) is 13.6 Å². The van der Waals surface area contributed by atoms with E-state index in [4.69, 9.17) is 4.74 Å². The summed E-state index contributed by atoms with van der Waals surface area (Å²) in [6, 6.07) is 7.38. The summed E-state index contributed by atoms with van der Waals surface area (Å²) in [6.07, 6.45) is 2.57. The van der Waals surface area contributed by atoms with Gasteiger partial charge in [0.25, 0.3) is 5.56 Å². The van der Waals surface area contributed by atoms with Crippen molar-refractivity contribution in [1.29, 1.82) is 0 Å². The first-order chi connectivity index (χ1) is 12.0. The van der Waals surface area contributed by atoms with E-state index in [0.29, 0.717) is 16.8 Å². The minimum atomic E-state index is -1.46. The molecule has 0 saturated heterocycles. The molecule has 0 aliphatic heterocycles. The molecular formula is C17H14F2N4O2. The topological polar surface area (TPSA) is 69.9 Å². The molecule has 0 aromatic carbocycles. The molecule has 0 aliphatic carbocycles. The molecule has 8 heteroatoms. The summed E-state index contributed by atoms with van der Waals surface area (Å²) < 4.78 is 32.1. The number of ether oxygens (including phenoxy) is 1. The molecular weight excluding hydrogens is 330 g/mol. The minimum absolute atomic E-state index is 0.0887. The monoisotopic (exact) mass is 344 g/mol. The van der Waals surface area contributed by atoms with Crippen molar-refractivity contribution in [1.82, 2.24) is 19.7 Å². The van der Waals surface area contributed by atoms with Crippen LogP contribution in [0.5, 0.6) is 5.88 Å². The van der Waals surface area contributed by atoms with E-state index in [1.807, 2.05) is 0 Å². The molecule has 3 aromatic heterocycles. The zero-order valence-electron chi connectivity index (χ0n) is 13.3. The average Bonchev–Trinajstić information content (AvgIpc) is 2.57. The average molecular weight is 344 g/mol. The lowest BCUT2D eigenvalue weighted by Crippen LogP contribution is -2.23. The summed E-state index contributed by atoms with van der Waals surface area (Å²) in [6.45, 7) is 1.35. The standard InChI is InChI=1S/C17H14F2N4O2/c1-11(18)25-16-4-2-13(8-21-16)15-3-5-17(24)23(22-15)10-12-6-14(19)9-20-7-12/h2-9,11H,10H2,1H3. The Labute approximate surface area is 141 Å². The number of aromatic nitrogens is 4. The molecule has 1 atom stereocenters. The third-order valence-corrected chi connectivity index (χ3v) is 3.28. The smallest absolute Gasteiger partial charge is 0.267 e. The Morgan fingerprint density at radius 3 is 2.72 bits per heavy atom. The molecule has 0 amide bonds. The van der Waals surface area contributed by atoms with Gasteiger partial charge in [-0.25, -0.2) is 18.4 Å². The van der Waals surface area contributed by atoms with Gasteiger partial charge in [-0.05, 0) is 23.8 Å². The maximum Gasteiger partial charge on any atom is 0.267 e. The molecule has 25 heavy (non-hydrogen) atoms. The molecule has 0 spiro atoms. The van der Waals surface area contributed by atoms with Crippen LogP contribution in [0.3, 0.4) is 0 Å². The zero-order chi connectivity index (χ0) is 17.8. The van der Waals surface area contributed by atoms with Crippen molar-refractivity contribution in [3.63, 3.8) is 0 Å². The third kappa shape index (κ3) is 4.23. The fourth-order valence-electron chi connectivity index (χ4n) is 2.20. The van der Waals surface area contributed by atoms with E-state index < -0.39 is 12.2 Å². The van der Waals surface area contributed by atoms with Gasteiger partial charge in [-0.2, -0.15) is 5.10 Å². The van der Waals surface area contributed by atoms with Gasteiger partial charge in [0.1, 0.15) is 5.82 Å². The van der Waals surface area contributed by atoms with Gasteiger partial charge in [-0.15, -0.1) is 0 Å². The molecule has 3 heterocycles. The number of rotatable bonds is 5. The van der Waals surface area contributed by atoms with Crippen LogP contribution in [0.25, 0.3) is 11.3 Å². The van der Waals surface area contributed by atoms with Crippen LogP contribution >= 0.6 is 0 Å². The predicted octanol–water partition coefficient (Wildman–Crippen LogP) is 2.58. The molecule has 0 radical (unpaired) electrons. The van der Waals surface area contributed by atoms with Crippen molar-refractivity contribution in [3.8, 4) is 17.1 Å². The van der Waals surface area contributed by atoms with Crippen LogP contribution in [0.15, 0.2) is 53.7 Å². The van der Waals surface area contributed by atoms with Gasteiger partial charge in [-0.1, -0.05) is 0 Å². The second-order valence-corrected chi connectivity index (χ2v) is 5.27. The van der Waals surface area contributed by atoms with Crippen molar-refractivity contribution in [2.24, 2.45) is 0 Å². The number of pyridine rings is 2. The minimum Gasteiger partial charge on any atom is -0.444 e. The summed E-state index contributed by atoms with van der Waals surface area (Å²) in [7, 11) is 0. The Bertz CT molecular complexity index is 926. The quantitative estimate of drug-likeness (QED) is 0.711.